The van der Waals surface area contributed by atoms with Crippen molar-refractivity contribution in [3.05, 3.63) is 24.2 Å². The number of imidazole rings is 1. The van der Waals surface area contributed by atoms with Crippen LogP contribution in [0.3, 0.4) is 0 Å². The van der Waals surface area contributed by atoms with Gasteiger partial charge >= 0.3 is 0 Å². The fourth-order valence-corrected chi connectivity index (χ4v) is 3.66. The lowest BCUT2D eigenvalue weighted by Gasteiger charge is -2.40. The third-order valence-corrected chi connectivity index (χ3v) is 4.74. The molecule has 1 saturated heterocycles. The molecule has 0 aliphatic carbocycles. The van der Waals surface area contributed by atoms with Crippen LogP contribution in [0.4, 0.5) is 0 Å². The number of aryl methyl sites for hydroxylation is 1. The van der Waals surface area contributed by atoms with Crippen LogP contribution in [-0.2, 0) is 11.2 Å². The van der Waals surface area contributed by atoms with E-state index >= 15 is 0 Å². The van der Waals surface area contributed by atoms with E-state index in [2.05, 4.69) is 34.4 Å². The molecule has 1 fully saturated rings. The first-order valence-electron chi connectivity index (χ1n) is 8.79. The molecule has 5 nitrogen and oxygen atoms in total. The van der Waals surface area contributed by atoms with Crippen LogP contribution < -0.4 is 0 Å². The number of likely N-dealkylation sites (tertiary alicyclic amines) is 1. The third kappa shape index (κ3) is 3.40. The summed E-state index contributed by atoms with van der Waals surface area (Å²) in [6, 6.07) is 4.58. The van der Waals surface area contributed by atoms with Crippen LogP contribution in [-0.4, -0.2) is 45.7 Å². The summed E-state index contributed by atoms with van der Waals surface area (Å²) in [6.45, 7) is 6.51. The molecular formula is C18H28N4O. The summed E-state index contributed by atoms with van der Waals surface area (Å²) in [5, 5.41) is 0. The molecule has 0 N–H and O–H groups in total. The zero-order valence-corrected chi connectivity index (χ0v) is 14.5. The Morgan fingerprint density at radius 3 is 3.00 bits per heavy atom. The van der Waals surface area contributed by atoms with Crippen molar-refractivity contribution in [1.29, 1.82) is 0 Å². The van der Waals surface area contributed by atoms with Gasteiger partial charge in [-0.05, 0) is 51.7 Å². The molecule has 0 spiro atoms. The maximum atomic E-state index is 5.22. The van der Waals surface area contributed by atoms with E-state index in [-0.39, 0.29) is 0 Å². The van der Waals surface area contributed by atoms with E-state index in [0.717, 1.165) is 43.0 Å². The number of aromatic nitrogens is 3. The molecule has 3 rings (SSSR count). The fourth-order valence-electron chi connectivity index (χ4n) is 3.66. The van der Waals surface area contributed by atoms with Crippen LogP contribution in [0.15, 0.2) is 18.3 Å². The van der Waals surface area contributed by atoms with Crippen molar-refractivity contribution in [2.45, 2.75) is 58.2 Å². The van der Waals surface area contributed by atoms with E-state index in [9.17, 15) is 0 Å². The summed E-state index contributed by atoms with van der Waals surface area (Å²) in [5.74, 6) is 1.15. The van der Waals surface area contributed by atoms with Crippen LogP contribution in [0.5, 0.6) is 0 Å². The van der Waals surface area contributed by atoms with E-state index in [1.165, 1.54) is 19.3 Å². The summed E-state index contributed by atoms with van der Waals surface area (Å²) in [6.07, 6.45) is 7.92. The Morgan fingerprint density at radius 2 is 2.22 bits per heavy atom. The Hall–Kier alpha value is -1.46. The topological polar surface area (TPSA) is 43.2 Å². The average molecular weight is 316 g/mol. The van der Waals surface area contributed by atoms with Gasteiger partial charge in [0, 0.05) is 38.9 Å². The maximum Gasteiger partial charge on any atom is 0.161 e. The maximum absolute atomic E-state index is 5.22. The molecule has 0 saturated carbocycles. The highest BCUT2D eigenvalue weighted by molar-refractivity contribution is 5.71. The minimum Gasteiger partial charge on any atom is -0.385 e. The molecule has 2 aromatic rings. The lowest BCUT2D eigenvalue weighted by molar-refractivity contribution is 0.0644. The molecule has 0 bridgehead atoms. The van der Waals surface area contributed by atoms with Gasteiger partial charge in [0.05, 0.1) is 6.17 Å². The first kappa shape index (κ1) is 16.4. The molecule has 0 amide bonds. The van der Waals surface area contributed by atoms with Crippen molar-refractivity contribution in [3.63, 3.8) is 0 Å². The predicted molar refractivity (Wildman–Crippen MR) is 92.5 cm³/mol. The second-order valence-electron chi connectivity index (χ2n) is 6.65. The van der Waals surface area contributed by atoms with Gasteiger partial charge in [-0.2, -0.15) is 0 Å². The number of ether oxygens (including phenoxy) is 1. The largest absolute Gasteiger partial charge is 0.385 e. The second kappa shape index (κ2) is 7.41. The van der Waals surface area contributed by atoms with Gasteiger partial charge in [-0.25, -0.2) is 9.97 Å². The quantitative estimate of drug-likeness (QED) is 0.766. The molecule has 1 unspecified atom stereocenters. The van der Waals surface area contributed by atoms with E-state index in [1.807, 2.05) is 12.3 Å². The summed E-state index contributed by atoms with van der Waals surface area (Å²) in [7, 11) is 1.76. The highest BCUT2D eigenvalue weighted by Crippen LogP contribution is 2.32. The van der Waals surface area contributed by atoms with Crippen molar-refractivity contribution in [2.75, 3.05) is 20.3 Å². The van der Waals surface area contributed by atoms with Crippen molar-refractivity contribution < 1.29 is 4.74 Å². The highest BCUT2D eigenvalue weighted by Gasteiger charge is 2.29. The summed E-state index contributed by atoms with van der Waals surface area (Å²) in [4.78, 5) is 12.1. The lowest BCUT2D eigenvalue weighted by atomic mass is 10.1. The smallest absolute Gasteiger partial charge is 0.161 e. The van der Waals surface area contributed by atoms with Gasteiger partial charge in [0.1, 0.15) is 11.3 Å². The minimum absolute atomic E-state index is 0.376. The average Bonchev–Trinajstić information content (AvgIpc) is 2.93. The Labute approximate surface area is 138 Å². The molecule has 3 heterocycles. The molecule has 0 aromatic carbocycles. The fraction of sp³-hybridized carbons (Fsp3) is 0.667. The van der Waals surface area contributed by atoms with E-state index < -0.39 is 0 Å². The van der Waals surface area contributed by atoms with Gasteiger partial charge in [0.15, 0.2) is 5.65 Å². The van der Waals surface area contributed by atoms with Crippen molar-refractivity contribution in [3.8, 4) is 0 Å². The van der Waals surface area contributed by atoms with Crippen molar-refractivity contribution in [2.24, 2.45) is 0 Å². The number of hydrogen-bond acceptors (Lipinski definition) is 4. The van der Waals surface area contributed by atoms with Crippen molar-refractivity contribution >= 4 is 11.2 Å². The Morgan fingerprint density at radius 1 is 1.35 bits per heavy atom. The van der Waals surface area contributed by atoms with Gasteiger partial charge in [0.2, 0.25) is 0 Å². The number of pyridine rings is 1. The van der Waals surface area contributed by atoms with Gasteiger partial charge in [-0.1, -0.05) is 0 Å². The van der Waals surface area contributed by atoms with E-state index in [4.69, 9.17) is 9.72 Å². The molecule has 5 heteroatoms. The van der Waals surface area contributed by atoms with Gasteiger partial charge in [-0.15, -0.1) is 0 Å². The van der Waals surface area contributed by atoms with Gasteiger partial charge < -0.3 is 4.74 Å². The van der Waals surface area contributed by atoms with Crippen LogP contribution in [0.1, 0.15) is 51.5 Å². The van der Waals surface area contributed by atoms with Crippen LogP contribution in [0, 0.1) is 0 Å². The monoisotopic (exact) mass is 316 g/mol. The highest BCUT2D eigenvalue weighted by atomic mass is 16.5. The number of methoxy groups -OCH3 is 1. The van der Waals surface area contributed by atoms with Gasteiger partial charge in [-0.3, -0.25) is 9.47 Å². The van der Waals surface area contributed by atoms with Crippen LogP contribution in [0.25, 0.3) is 11.2 Å². The molecular weight excluding hydrogens is 288 g/mol. The molecule has 2 aromatic heterocycles. The zero-order chi connectivity index (χ0) is 16.2. The number of piperidine rings is 1. The number of fused-ring (bicyclic) bond motifs is 1. The molecule has 23 heavy (non-hydrogen) atoms. The van der Waals surface area contributed by atoms with E-state index in [0.29, 0.717) is 12.2 Å². The summed E-state index contributed by atoms with van der Waals surface area (Å²) >= 11 is 0. The second-order valence-corrected chi connectivity index (χ2v) is 6.65. The molecule has 1 aliphatic heterocycles. The normalized spacial score (nSPS) is 19.7. The lowest BCUT2D eigenvalue weighted by Crippen LogP contribution is -2.41. The molecule has 1 atom stereocenters. The first-order valence-corrected chi connectivity index (χ1v) is 8.79. The van der Waals surface area contributed by atoms with Crippen molar-refractivity contribution in [1.82, 2.24) is 19.4 Å². The summed E-state index contributed by atoms with van der Waals surface area (Å²) < 4.78 is 7.61. The third-order valence-electron chi connectivity index (χ3n) is 4.74. The number of nitrogens with zero attached hydrogens (tertiary/aromatic N) is 4. The SMILES string of the molecule is COCCCc1nc2cccnc2n1C1CCCCN1C(C)C. The van der Waals surface area contributed by atoms with E-state index in [1.54, 1.807) is 7.11 Å². The molecule has 126 valence electrons. The Balaban J connectivity index is 2.00. The molecule has 1 aliphatic rings. The Bertz CT molecular complexity index is 637. The minimum atomic E-state index is 0.376. The standard InChI is InChI=1S/C18H28N4O/c1-14(2)21-12-5-4-10-17(21)22-16(9-7-13-23-3)20-15-8-6-11-19-18(15)22/h6,8,11,14,17H,4-5,7,9-10,12-13H2,1-3H3. The Kier molecular flexibility index (Phi) is 5.28. The number of rotatable bonds is 6. The zero-order valence-electron chi connectivity index (χ0n) is 14.5. The van der Waals surface area contributed by atoms with Crippen LogP contribution in [0.2, 0.25) is 0 Å². The van der Waals surface area contributed by atoms with Crippen LogP contribution >= 0.6 is 0 Å². The van der Waals surface area contributed by atoms with Gasteiger partial charge in [0.25, 0.3) is 0 Å². The molecule has 0 radical (unpaired) electrons. The predicted octanol–water partition coefficient (Wildman–Crippen LogP) is 3.40. The first-order chi connectivity index (χ1) is 11.2. The summed E-state index contributed by atoms with van der Waals surface area (Å²) in [5.41, 5.74) is 2.03. The number of hydrogen-bond donors (Lipinski definition) is 0.